The van der Waals surface area contributed by atoms with E-state index in [0.29, 0.717) is 5.56 Å². The van der Waals surface area contributed by atoms with Gasteiger partial charge in [-0.25, -0.2) is 0 Å². The molecule has 0 spiro atoms. The van der Waals surface area contributed by atoms with E-state index in [1.54, 1.807) is 17.4 Å². The number of hydrogen-bond donors (Lipinski definition) is 5. The number of benzene rings is 1. The molecule has 1 amide bonds. The highest BCUT2D eigenvalue weighted by molar-refractivity contribution is 7.15. The lowest BCUT2D eigenvalue weighted by Gasteiger charge is -2.13. The van der Waals surface area contributed by atoms with Gasteiger partial charge in [-0.15, -0.1) is 11.3 Å². The summed E-state index contributed by atoms with van der Waals surface area (Å²) in [6, 6.07) is 15.1. The van der Waals surface area contributed by atoms with Crippen molar-refractivity contribution < 1.29 is 4.79 Å². The number of pyridine rings is 1. The molecule has 0 bridgehead atoms. The van der Waals surface area contributed by atoms with Crippen LogP contribution >= 0.6 is 11.3 Å². The Morgan fingerprint density at radius 3 is 2.57 bits per heavy atom. The molecule has 10 heteroatoms. The summed E-state index contributed by atoms with van der Waals surface area (Å²) in [5.41, 5.74) is 21.5. The Bertz CT molecular complexity index is 1420. The third-order valence-electron chi connectivity index (χ3n) is 5.59. The van der Waals surface area contributed by atoms with E-state index in [4.69, 9.17) is 17.2 Å². The Morgan fingerprint density at radius 2 is 1.89 bits per heavy atom. The number of amides is 1. The van der Waals surface area contributed by atoms with Crippen LogP contribution < -0.4 is 28.1 Å². The molecular formula is C27H33N7O2S. The topological polar surface area (TPSA) is 156 Å². The van der Waals surface area contributed by atoms with Gasteiger partial charge in [0.05, 0.1) is 6.04 Å². The Labute approximate surface area is 220 Å². The third kappa shape index (κ3) is 6.96. The van der Waals surface area contributed by atoms with Crippen molar-refractivity contribution in [3.63, 3.8) is 0 Å². The third-order valence-corrected chi connectivity index (χ3v) is 6.88. The number of aromatic amines is 1. The molecule has 2 aromatic heterocycles. The average Bonchev–Trinajstić information content (AvgIpc) is 3.36. The standard InChI is InChI=1S/C27H33N7O2S/c1-16(22-9-10-23(37-22)19-8-6-5-7-18(19)15-34(3)4)33-26(30)20(25(29)27(36)31-2)14-21(28)17-11-12-32-24(35)13-17/h5-14,16H,15,28-29H2,1-4H3,(H2,30,33)(H,31,36)(H,32,35)/b21-14-,25-20+/t16-/m1/s1. The molecule has 37 heavy (non-hydrogen) atoms. The maximum absolute atomic E-state index is 12.3. The number of hydrogen-bond acceptors (Lipinski definition) is 7. The fraction of sp³-hybridized carbons (Fsp3) is 0.222. The zero-order valence-electron chi connectivity index (χ0n) is 21.4. The molecule has 0 radical (unpaired) electrons. The molecule has 3 aromatic rings. The Morgan fingerprint density at radius 1 is 1.16 bits per heavy atom. The summed E-state index contributed by atoms with van der Waals surface area (Å²) in [6.07, 6.45) is 2.94. The highest BCUT2D eigenvalue weighted by atomic mass is 32.1. The molecule has 0 aliphatic rings. The second kappa shape index (κ2) is 12.2. The number of amidine groups is 1. The largest absolute Gasteiger partial charge is 0.398 e. The van der Waals surface area contributed by atoms with Gasteiger partial charge in [0.25, 0.3) is 5.91 Å². The van der Waals surface area contributed by atoms with Crippen LogP contribution in [0.25, 0.3) is 16.1 Å². The van der Waals surface area contributed by atoms with E-state index in [-0.39, 0.29) is 34.4 Å². The van der Waals surface area contributed by atoms with Crippen LogP contribution in [0, 0.1) is 0 Å². The first-order chi connectivity index (χ1) is 17.6. The number of nitrogens with zero attached hydrogens (tertiary/aromatic N) is 2. The molecule has 9 nitrogen and oxygen atoms in total. The van der Waals surface area contributed by atoms with Crippen molar-refractivity contribution in [2.45, 2.75) is 19.5 Å². The number of aliphatic imine (C=N–C) groups is 1. The van der Waals surface area contributed by atoms with Crippen molar-refractivity contribution in [2.75, 3.05) is 21.1 Å². The van der Waals surface area contributed by atoms with E-state index in [2.05, 4.69) is 38.4 Å². The lowest BCUT2D eigenvalue weighted by molar-refractivity contribution is -0.117. The van der Waals surface area contributed by atoms with Crippen LogP contribution in [-0.2, 0) is 11.3 Å². The monoisotopic (exact) mass is 519 g/mol. The van der Waals surface area contributed by atoms with Crippen molar-refractivity contribution in [3.8, 4) is 10.4 Å². The number of nitrogens with one attached hydrogen (secondary N) is 2. The van der Waals surface area contributed by atoms with E-state index >= 15 is 0 Å². The van der Waals surface area contributed by atoms with Gasteiger partial charge in [-0.2, -0.15) is 0 Å². The predicted molar refractivity (Wildman–Crippen MR) is 152 cm³/mol. The average molecular weight is 520 g/mol. The SMILES string of the molecule is CNC(=O)/C(N)=C(/C=C(\N)c1cc[nH]c(=O)c1)C(N)=N[C@H](C)c1ccc(-c2ccccc2CN(C)C)s1. The number of carbonyl (C=O) groups excluding carboxylic acids is 1. The first-order valence-electron chi connectivity index (χ1n) is 11.6. The molecule has 0 aliphatic heterocycles. The second-order valence-corrected chi connectivity index (χ2v) is 9.85. The van der Waals surface area contributed by atoms with Crippen LogP contribution in [0.15, 0.2) is 81.9 Å². The van der Waals surface area contributed by atoms with Gasteiger partial charge in [-0.3, -0.25) is 14.6 Å². The van der Waals surface area contributed by atoms with Crippen LogP contribution in [0.5, 0.6) is 0 Å². The van der Waals surface area contributed by atoms with E-state index in [1.807, 2.05) is 39.2 Å². The summed E-state index contributed by atoms with van der Waals surface area (Å²) >= 11 is 1.63. The van der Waals surface area contributed by atoms with Crippen LogP contribution in [-0.4, -0.2) is 42.8 Å². The van der Waals surface area contributed by atoms with Gasteiger partial charge in [-0.05, 0) is 56.4 Å². The lowest BCUT2D eigenvalue weighted by Crippen LogP contribution is -2.30. The molecule has 194 valence electrons. The number of aromatic nitrogens is 1. The number of thiophene rings is 1. The maximum Gasteiger partial charge on any atom is 0.267 e. The smallest absolute Gasteiger partial charge is 0.267 e. The lowest BCUT2D eigenvalue weighted by atomic mass is 10.1. The molecule has 0 fully saturated rings. The quantitative estimate of drug-likeness (QED) is 0.127. The number of nitrogens with two attached hydrogens (primary N) is 3. The number of H-pyrrole nitrogens is 1. The summed E-state index contributed by atoms with van der Waals surface area (Å²) in [5, 5.41) is 2.49. The van der Waals surface area contributed by atoms with Crippen molar-refractivity contribution in [3.05, 3.63) is 98.4 Å². The molecule has 0 saturated heterocycles. The minimum atomic E-state index is -0.522. The highest BCUT2D eigenvalue weighted by Gasteiger charge is 2.17. The van der Waals surface area contributed by atoms with Crippen LogP contribution in [0.2, 0.25) is 0 Å². The van der Waals surface area contributed by atoms with Crippen LogP contribution in [0.1, 0.15) is 29.0 Å². The maximum atomic E-state index is 12.3. The molecule has 8 N–H and O–H groups in total. The number of likely N-dealkylation sites (N-methyl/N-ethyl adjacent to an activating group) is 1. The molecule has 0 aliphatic carbocycles. The molecule has 3 rings (SSSR count). The second-order valence-electron chi connectivity index (χ2n) is 8.74. The van der Waals surface area contributed by atoms with Gasteiger partial charge >= 0.3 is 0 Å². The first kappa shape index (κ1) is 27.4. The van der Waals surface area contributed by atoms with Gasteiger partial charge in [-0.1, -0.05) is 24.3 Å². The molecule has 1 atom stereocenters. The van der Waals surface area contributed by atoms with Gasteiger partial charge in [0.2, 0.25) is 5.56 Å². The van der Waals surface area contributed by atoms with E-state index in [1.165, 1.54) is 36.5 Å². The van der Waals surface area contributed by atoms with Crippen molar-refractivity contribution >= 4 is 28.8 Å². The van der Waals surface area contributed by atoms with E-state index in [9.17, 15) is 9.59 Å². The Hall–Kier alpha value is -4.15. The Balaban J connectivity index is 1.97. The van der Waals surface area contributed by atoms with Gasteiger partial charge in [0, 0.05) is 52.4 Å². The molecule has 0 unspecified atom stereocenters. The van der Waals surface area contributed by atoms with Gasteiger partial charge < -0.3 is 32.4 Å². The minimum absolute atomic E-state index is 0.0596. The van der Waals surface area contributed by atoms with Gasteiger partial charge in [0.1, 0.15) is 11.5 Å². The fourth-order valence-electron chi connectivity index (χ4n) is 3.71. The van der Waals surface area contributed by atoms with Gasteiger partial charge in [0.15, 0.2) is 0 Å². The molecule has 1 aromatic carbocycles. The summed E-state index contributed by atoms with van der Waals surface area (Å²) < 4.78 is 0. The summed E-state index contributed by atoms with van der Waals surface area (Å²) in [7, 11) is 5.56. The highest BCUT2D eigenvalue weighted by Crippen LogP contribution is 2.35. The molecular weight excluding hydrogens is 486 g/mol. The molecule has 2 heterocycles. The van der Waals surface area contributed by atoms with E-state index < -0.39 is 5.91 Å². The minimum Gasteiger partial charge on any atom is -0.398 e. The first-order valence-corrected chi connectivity index (χ1v) is 12.5. The zero-order valence-corrected chi connectivity index (χ0v) is 22.2. The van der Waals surface area contributed by atoms with Crippen LogP contribution in [0.3, 0.4) is 0 Å². The summed E-state index contributed by atoms with van der Waals surface area (Å²) in [4.78, 5) is 35.5. The number of rotatable bonds is 9. The summed E-state index contributed by atoms with van der Waals surface area (Å²) in [5.74, 6) is -0.462. The van der Waals surface area contributed by atoms with Crippen molar-refractivity contribution in [1.29, 1.82) is 0 Å². The van der Waals surface area contributed by atoms with Crippen molar-refractivity contribution in [1.82, 2.24) is 15.2 Å². The Kier molecular flexibility index (Phi) is 9.05. The fourth-order valence-corrected chi connectivity index (χ4v) is 4.77. The normalized spacial score (nSPS) is 13.9. The predicted octanol–water partition coefficient (Wildman–Crippen LogP) is 2.54. The molecule has 0 saturated carbocycles. The van der Waals surface area contributed by atoms with Crippen LogP contribution in [0.4, 0.5) is 0 Å². The van der Waals surface area contributed by atoms with E-state index in [0.717, 1.165) is 16.3 Å². The zero-order chi connectivity index (χ0) is 27.1. The van der Waals surface area contributed by atoms with Crippen molar-refractivity contribution in [2.24, 2.45) is 22.2 Å². The summed E-state index contributed by atoms with van der Waals surface area (Å²) in [6.45, 7) is 2.75. The number of carbonyl (C=O) groups is 1.